The van der Waals surface area contributed by atoms with Gasteiger partial charge in [-0.1, -0.05) is 30.3 Å². The molecular formula is C25H22N2O6. The first-order valence-corrected chi connectivity index (χ1v) is 9.86. The predicted octanol–water partition coefficient (Wildman–Crippen LogP) is 3.81. The number of benzene rings is 3. The van der Waals surface area contributed by atoms with Gasteiger partial charge in [0.2, 0.25) is 0 Å². The number of ether oxygens (including phenoxy) is 2. The zero-order valence-corrected chi connectivity index (χ0v) is 18.0. The molecule has 0 aliphatic carbocycles. The van der Waals surface area contributed by atoms with Crippen LogP contribution in [0, 0.1) is 0 Å². The molecule has 0 heterocycles. The Bertz CT molecular complexity index is 1200. The molecule has 0 fully saturated rings. The number of carboxylic acid groups (broad SMARTS) is 1. The molecule has 0 spiro atoms. The first-order chi connectivity index (χ1) is 15.9. The number of hydrogen-bond donors (Lipinski definition) is 3. The van der Waals surface area contributed by atoms with Crippen LogP contribution in [0.3, 0.4) is 0 Å². The average molecular weight is 446 g/mol. The van der Waals surface area contributed by atoms with Crippen LogP contribution in [0.15, 0.2) is 78.5 Å². The van der Waals surface area contributed by atoms with Crippen LogP contribution < -0.4 is 20.1 Å². The fourth-order valence-corrected chi connectivity index (χ4v) is 2.97. The molecule has 3 aromatic rings. The average Bonchev–Trinajstić information content (AvgIpc) is 2.84. The normalized spacial score (nSPS) is 10.8. The zero-order valence-electron chi connectivity index (χ0n) is 18.0. The van der Waals surface area contributed by atoms with Crippen LogP contribution in [0.4, 0.5) is 5.69 Å². The molecule has 0 saturated heterocycles. The molecule has 0 unspecified atom stereocenters. The minimum absolute atomic E-state index is 0.0299. The summed E-state index contributed by atoms with van der Waals surface area (Å²) in [5.41, 5.74) is 1.04. The summed E-state index contributed by atoms with van der Waals surface area (Å²) in [6, 6.07) is 19.5. The van der Waals surface area contributed by atoms with E-state index in [-0.39, 0.29) is 22.7 Å². The summed E-state index contributed by atoms with van der Waals surface area (Å²) in [6.07, 6.45) is 1.49. The van der Waals surface area contributed by atoms with Gasteiger partial charge < -0.3 is 25.2 Å². The van der Waals surface area contributed by atoms with E-state index in [2.05, 4.69) is 10.6 Å². The van der Waals surface area contributed by atoms with Crippen molar-refractivity contribution in [2.24, 2.45) is 0 Å². The Morgan fingerprint density at radius 3 is 2.27 bits per heavy atom. The minimum atomic E-state index is -1.15. The summed E-state index contributed by atoms with van der Waals surface area (Å²) in [7, 11) is 2.92. The smallest absolute Gasteiger partial charge is 0.335 e. The minimum Gasteiger partial charge on any atom is -0.497 e. The summed E-state index contributed by atoms with van der Waals surface area (Å²) in [5.74, 6) is -1.45. The van der Waals surface area contributed by atoms with Gasteiger partial charge in [-0.2, -0.15) is 0 Å². The highest BCUT2D eigenvalue weighted by atomic mass is 16.5. The van der Waals surface area contributed by atoms with E-state index >= 15 is 0 Å². The number of carboxylic acids is 1. The van der Waals surface area contributed by atoms with Crippen molar-refractivity contribution in [3.05, 3.63) is 95.2 Å². The molecule has 2 amide bonds. The Morgan fingerprint density at radius 1 is 0.848 bits per heavy atom. The monoisotopic (exact) mass is 446 g/mol. The largest absolute Gasteiger partial charge is 0.497 e. The van der Waals surface area contributed by atoms with Crippen molar-refractivity contribution in [3.63, 3.8) is 0 Å². The van der Waals surface area contributed by atoms with Gasteiger partial charge in [-0.15, -0.1) is 0 Å². The van der Waals surface area contributed by atoms with Gasteiger partial charge in [0.1, 0.15) is 17.2 Å². The molecule has 0 aliphatic rings. The molecule has 168 valence electrons. The van der Waals surface area contributed by atoms with Crippen molar-refractivity contribution in [2.75, 3.05) is 19.5 Å². The highest BCUT2D eigenvalue weighted by Gasteiger charge is 2.18. The number of carbonyl (C=O) groups excluding carboxylic acids is 2. The second-order valence-electron chi connectivity index (χ2n) is 6.83. The fraction of sp³-hybridized carbons (Fsp3) is 0.0800. The van der Waals surface area contributed by atoms with Gasteiger partial charge in [-0.3, -0.25) is 9.59 Å². The highest BCUT2D eigenvalue weighted by Crippen LogP contribution is 2.26. The Hall–Kier alpha value is -4.59. The van der Waals surface area contributed by atoms with Gasteiger partial charge in [-0.05, 0) is 54.1 Å². The second-order valence-corrected chi connectivity index (χ2v) is 6.83. The predicted molar refractivity (Wildman–Crippen MR) is 123 cm³/mol. The van der Waals surface area contributed by atoms with E-state index in [1.807, 2.05) is 0 Å². The van der Waals surface area contributed by atoms with Gasteiger partial charge in [0.05, 0.1) is 25.5 Å². The van der Waals surface area contributed by atoms with E-state index in [0.717, 1.165) is 0 Å². The maximum absolute atomic E-state index is 13.2. The van der Waals surface area contributed by atoms with Crippen molar-refractivity contribution in [1.82, 2.24) is 5.32 Å². The van der Waals surface area contributed by atoms with Crippen LogP contribution in [0.25, 0.3) is 6.08 Å². The van der Waals surface area contributed by atoms with E-state index in [9.17, 15) is 19.5 Å². The first-order valence-electron chi connectivity index (χ1n) is 9.86. The molecule has 0 atom stereocenters. The summed E-state index contributed by atoms with van der Waals surface area (Å²) in [6.45, 7) is 0. The molecule has 0 bridgehead atoms. The van der Waals surface area contributed by atoms with E-state index in [4.69, 9.17) is 9.47 Å². The first kappa shape index (κ1) is 23.1. The van der Waals surface area contributed by atoms with Gasteiger partial charge in [0, 0.05) is 5.56 Å². The Balaban J connectivity index is 1.97. The van der Waals surface area contributed by atoms with Crippen LogP contribution in [-0.4, -0.2) is 37.1 Å². The third kappa shape index (κ3) is 5.98. The van der Waals surface area contributed by atoms with Crippen LogP contribution in [0.1, 0.15) is 26.3 Å². The Kier molecular flexibility index (Phi) is 7.43. The van der Waals surface area contributed by atoms with Gasteiger partial charge >= 0.3 is 5.97 Å². The number of rotatable bonds is 8. The molecule has 8 nitrogen and oxygen atoms in total. The van der Waals surface area contributed by atoms with E-state index in [1.54, 1.807) is 54.6 Å². The van der Waals surface area contributed by atoms with Crippen LogP contribution in [0.2, 0.25) is 0 Å². The summed E-state index contributed by atoms with van der Waals surface area (Å²) in [4.78, 5) is 37.2. The molecular weight excluding hydrogens is 424 g/mol. The topological polar surface area (TPSA) is 114 Å². The lowest BCUT2D eigenvalue weighted by Gasteiger charge is -2.14. The Labute approximate surface area is 190 Å². The van der Waals surface area contributed by atoms with Crippen molar-refractivity contribution in [1.29, 1.82) is 0 Å². The number of hydrogen-bond acceptors (Lipinski definition) is 5. The number of anilines is 1. The van der Waals surface area contributed by atoms with Crippen LogP contribution in [0.5, 0.6) is 11.5 Å². The zero-order chi connectivity index (χ0) is 23.8. The summed E-state index contributed by atoms with van der Waals surface area (Å²) in [5, 5.41) is 14.5. The lowest BCUT2D eigenvalue weighted by Crippen LogP contribution is -2.30. The van der Waals surface area contributed by atoms with Gasteiger partial charge in [-0.25, -0.2) is 4.79 Å². The standard InChI is InChI=1S/C25H22N2O6/c1-32-19-10-6-7-16(13-19)14-21(27-23(28)17-8-4-3-5-9-17)24(29)26-20-15-18(25(30)31)11-12-22(20)33-2/h3-15H,1-2H3,(H,26,29)(H,27,28)(H,30,31). The molecule has 0 radical (unpaired) electrons. The van der Waals surface area contributed by atoms with Crippen molar-refractivity contribution < 1.29 is 29.0 Å². The lowest BCUT2D eigenvalue weighted by molar-refractivity contribution is -0.113. The lowest BCUT2D eigenvalue weighted by atomic mass is 10.1. The molecule has 3 rings (SSSR count). The molecule has 0 saturated carbocycles. The van der Waals surface area contributed by atoms with E-state index in [0.29, 0.717) is 16.9 Å². The van der Waals surface area contributed by atoms with Gasteiger partial charge in [0.15, 0.2) is 0 Å². The number of carbonyl (C=O) groups is 3. The molecule has 3 aromatic carbocycles. The number of methoxy groups -OCH3 is 2. The number of amides is 2. The van der Waals surface area contributed by atoms with E-state index in [1.165, 1.54) is 38.5 Å². The quantitative estimate of drug-likeness (QED) is 0.454. The second kappa shape index (κ2) is 10.6. The van der Waals surface area contributed by atoms with Crippen LogP contribution in [-0.2, 0) is 4.79 Å². The molecule has 8 heteroatoms. The summed E-state index contributed by atoms with van der Waals surface area (Å²) >= 11 is 0. The fourth-order valence-electron chi connectivity index (χ4n) is 2.97. The molecule has 0 aromatic heterocycles. The van der Waals surface area contributed by atoms with Crippen molar-refractivity contribution in [3.8, 4) is 11.5 Å². The SMILES string of the molecule is COc1cccc(C=C(NC(=O)c2ccccc2)C(=O)Nc2cc(C(=O)O)ccc2OC)c1. The third-order valence-electron chi connectivity index (χ3n) is 4.63. The van der Waals surface area contributed by atoms with Gasteiger partial charge in [0.25, 0.3) is 11.8 Å². The maximum Gasteiger partial charge on any atom is 0.335 e. The third-order valence-corrected chi connectivity index (χ3v) is 4.63. The van der Waals surface area contributed by atoms with Crippen molar-refractivity contribution >= 4 is 29.5 Å². The molecule has 3 N–H and O–H groups in total. The van der Waals surface area contributed by atoms with Crippen LogP contribution >= 0.6 is 0 Å². The number of aromatic carboxylic acids is 1. The van der Waals surface area contributed by atoms with Crippen molar-refractivity contribution in [2.45, 2.75) is 0 Å². The number of nitrogens with one attached hydrogen (secondary N) is 2. The maximum atomic E-state index is 13.2. The molecule has 33 heavy (non-hydrogen) atoms. The highest BCUT2D eigenvalue weighted by molar-refractivity contribution is 6.11. The molecule has 0 aliphatic heterocycles. The van der Waals surface area contributed by atoms with E-state index < -0.39 is 17.8 Å². The Morgan fingerprint density at radius 2 is 1.61 bits per heavy atom. The summed E-state index contributed by atoms with van der Waals surface area (Å²) < 4.78 is 10.4.